The monoisotopic (exact) mass is 191 g/mol. The Morgan fingerprint density at radius 2 is 2.21 bits per heavy atom. The maximum Gasteiger partial charge on any atom is 0.117 e. The molecule has 2 saturated carbocycles. The average molecular weight is 191 g/mol. The first-order valence-corrected chi connectivity index (χ1v) is 5.65. The summed E-state index contributed by atoms with van der Waals surface area (Å²) in [5.74, 6) is 3.85. The van der Waals surface area contributed by atoms with Crippen LogP contribution < -0.4 is 5.32 Å². The summed E-state index contributed by atoms with van der Waals surface area (Å²) in [5.41, 5.74) is 0. The van der Waals surface area contributed by atoms with Crippen LogP contribution in [0.25, 0.3) is 0 Å². The van der Waals surface area contributed by atoms with Crippen molar-refractivity contribution in [2.75, 3.05) is 0 Å². The molecule has 2 aliphatic carbocycles. The molecule has 0 amide bonds. The highest BCUT2D eigenvalue weighted by atomic mass is 16.3. The van der Waals surface area contributed by atoms with Gasteiger partial charge in [-0.25, -0.2) is 0 Å². The predicted octanol–water partition coefficient (Wildman–Crippen LogP) is 2.66. The first-order valence-electron chi connectivity index (χ1n) is 5.65. The molecule has 2 fully saturated rings. The third-order valence-corrected chi connectivity index (χ3v) is 3.30. The van der Waals surface area contributed by atoms with E-state index in [1.807, 2.05) is 0 Å². The SMILES string of the molecule is CC1CC1c1ccc(CNC2CC2)o1. The number of hydrogen-bond donors (Lipinski definition) is 1. The van der Waals surface area contributed by atoms with E-state index in [1.165, 1.54) is 25.0 Å². The highest BCUT2D eigenvalue weighted by molar-refractivity contribution is 5.17. The van der Waals surface area contributed by atoms with Gasteiger partial charge in [0.2, 0.25) is 0 Å². The molecule has 2 atom stereocenters. The molecule has 3 rings (SSSR count). The highest BCUT2D eigenvalue weighted by Crippen LogP contribution is 2.47. The smallest absolute Gasteiger partial charge is 0.117 e. The molecule has 1 aromatic heterocycles. The molecule has 76 valence electrons. The van der Waals surface area contributed by atoms with Crippen LogP contribution in [0.5, 0.6) is 0 Å². The van der Waals surface area contributed by atoms with Crippen molar-refractivity contribution in [3.8, 4) is 0 Å². The summed E-state index contributed by atoms with van der Waals surface area (Å²) in [5, 5.41) is 3.46. The van der Waals surface area contributed by atoms with Gasteiger partial charge < -0.3 is 9.73 Å². The summed E-state index contributed by atoms with van der Waals surface area (Å²) in [6.45, 7) is 3.20. The van der Waals surface area contributed by atoms with E-state index in [2.05, 4.69) is 24.4 Å². The lowest BCUT2D eigenvalue weighted by atomic mass is 10.3. The van der Waals surface area contributed by atoms with Crippen molar-refractivity contribution in [1.82, 2.24) is 5.32 Å². The second-order valence-electron chi connectivity index (χ2n) is 4.78. The van der Waals surface area contributed by atoms with E-state index >= 15 is 0 Å². The molecule has 14 heavy (non-hydrogen) atoms. The molecule has 0 radical (unpaired) electrons. The number of rotatable bonds is 4. The van der Waals surface area contributed by atoms with E-state index < -0.39 is 0 Å². The molecule has 2 unspecified atom stereocenters. The first kappa shape index (κ1) is 8.54. The van der Waals surface area contributed by atoms with E-state index in [4.69, 9.17) is 4.42 Å². The Bertz CT molecular complexity index is 327. The fraction of sp³-hybridized carbons (Fsp3) is 0.667. The topological polar surface area (TPSA) is 25.2 Å². The molecule has 1 heterocycles. The van der Waals surface area contributed by atoms with Crippen LogP contribution in [0.4, 0.5) is 0 Å². The van der Waals surface area contributed by atoms with Gasteiger partial charge in [0, 0.05) is 12.0 Å². The summed E-state index contributed by atoms with van der Waals surface area (Å²) >= 11 is 0. The third-order valence-electron chi connectivity index (χ3n) is 3.30. The maximum atomic E-state index is 5.79. The van der Waals surface area contributed by atoms with E-state index in [1.54, 1.807) is 0 Å². The molecule has 0 saturated heterocycles. The Morgan fingerprint density at radius 3 is 2.86 bits per heavy atom. The molecule has 2 aliphatic rings. The lowest BCUT2D eigenvalue weighted by Gasteiger charge is -1.98. The fourth-order valence-electron chi connectivity index (χ4n) is 1.94. The zero-order valence-electron chi connectivity index (χ0n) is 8.62. The molecule has 0 aromatic carbocycles. The van der Waals surface area contributed by atoms with Gasteiger partial charge in [-0.1, -0.05) is 6.92 Å². The van der Waals surface area contributed by atoms with E-state index in [-0.39, 0.29) is 0 Å². The van der Waals surface area contributed by atoms with E-state index in [0.29, 0.717) is 5.92 Å². The fourth-order valence-corrected chi connectivity index (χ4v) is 1.94. The third kappa shape index (κ3) is 1.71. The zero-order valence-corrected chi connectivity index (χ0v) is 8.62. The van der Waals surface area contributed by atoms with Gasteiger partial charge in [0.05, 0.1) is 6.54 Å². The number of furan rings is 1. The minimum Gasteiger partial charge on any atom is -0.464 e. The first-order chi connectivity index (χ1) is 6.83. The molecule has 1 N–H and O–H groups in total. The van der Waals surface area contributed by atoms with Crippen LogP contribution in [0.1, 0.15) is 43.6 Å². The van der Waals surface area contributed by atoms with Crippen LogP contribution in [0.3, 0.4) is 0 Å². The van der Waals surface area contributed by atoms with Gasteiger partial charge in [0.15, 0.2) is 0 Å². The Balaban J connectivity index is 1.59. The second-order valence-corrected chi connectivity index (χ2v) is 4.78. The maximum absolute atomic E-state index is 5.79. The summed E-state index contributed by atoms with van der Waals surface area (Å²) < 4.78 is 5.79. The van der Waals surface area contributed by atoms with Crippen LogP contribution in [0, 0.1) is 5.92 Å². The van der Waals surface area contributed by atoms with E-state index in [0.717, 1.165) is 24.3 Å². The number of nitrogens with one attached hydrogen (secondary N) is 1. The van der Waals surface area contributed by atoms with Crippen molar-refractivity contribution >= 4 is 0 Å². The lowest BCUT2D eigenvalue weighted by Crippen LogP contribution is -2.14. The van der Waals surface area contributed by atoms with Gasteiger partial charge in [-0.3, -0.25) is 0 Å². The van der Waals surface area contributed by atoms with Crippen molar-refractivity contribution in [1.29, 1.82) is 0 Å². The van der Waals surface area contributed by atoms with Crippen LogP contribution in [0.15, 0.2) is 16.5 Å². The lowest BCUT2D eigenvalue weighted by molar-refractivity contribution is 0.443. The largest absolute Gasteiger partial charge is 0.464 e. The zero-order chi connectivity index (χ0) is 9.54. The van der Waals surface area contributed by atoms with Crippen LogP contribution >= 0.6 is 0 Å². The summed E-state index contributed by atoms with van der Waals surface area (Å²) in [6.07, 6.45) is 3.99. The normalized spacial score (nSPS) is 30.6. The van der Waals surface area contributed by atoms with Crippen molar-refractivity contribution in [2.24, 2.45) is 5.92 Å². The molecule has 0 aliphatic heterocycles. The van der Waals surface area contributed by atoms with Gasteiger partial charge in [0.1, 0.15) is 11.5 Å². The van der Waals surface area contributed by atoms with E-state index in [9.17, 15) is 0 Å². The van der Waals surface area contributed by atoms with Gasteiger partial charge >= 0.3 is 0 Å². The van der Waals surface area contributed by atoms with Gasteiger partial charge in [-0.15, -0.1) is 0 Å². The molecule has 1 aromatic rings. The van der Waals surface area contributed by atoms with Gasteiger partial charge in [-0.2, -0.15) is 0 Å². The minimum atomic E-state index is 0.713. The molecule has 2 nitrogen and oxygen atoms in total. The molecule has 0 bridgehead atoms. The minimum absolute atomic E-state index is 0.713. The quantitative estimate of drug-likeness (QED) is 0.791. The van der Waals surface area contributed by atoms with Gasteiger partial charge in [0.25, 0.3) is 0 Å². The van der Waals surface area contributed by atoms with Crippen molar-refractivity contribution in [3.05, 3.63) is 23.7 Å². The predicted molar refractivity (Wildman–Crippen MR) is 55.1 cm³/mol. The standard InChI is InChI=1S/C12H17NO/c1-8-6-11(8)12-5-4-10(14-12)7-13-9-2-3-9/h4-5,8-9,11,13H,2-3,6-7H2,1H3. The molecule has 0 spiro atoms. The van der Waals surface area contributed by atoms with Gasteiger partial charge in [-0.05, 0) is 37.3 Å². The highest BCUT2D eigenvalue weighted by Gasteiger charge is 2.36. The summed E-state index contributed by atoms with van der Waals surface area (Å²) in [6, 6.07) is 5.04. The Morgan fingerprint density at radius 1 is 1.43 bits per heavy atom. The summed E-state index contributed by atoms with van der Waals surface area (Å²) in [4.78, 5) is 0. The second kappa shape index (κ2) is 3.13. The molecular weight excluding hydrogens is 174 g/mol. The average Bonchev–Trinajstić information content (AvgIpc) is 3.07. The Kier molecular flexibility index (Phi) is 1.91. The van der Waals surface area contributed by atoms with Crippen LogP contribution in [-0.2, 0) is 6.54 Å². The van der Waals surface area contributed by atoms with Crippen molar-refractivity contribution < 1.29 is 4.42 Å². The van der Waals surface area contributed by atoms with Crippen molar-refractivity contribution in [3.63, 3.8) is 0 Å². The van der Waals surface area contributed by atoms with Crippen LogP contribution in [-0.4, -0.2) is 6.04 Å². The Hall–Kier alpha value is -0.760. The van der Waals surface area contributed by atoms with Crippen molar-refractivity contribution in [2.45, 2.75) is 44.7 Å². The van der Waals surface area contributed by atoms with Crippen LogP contribution in [0.2, 0.25) is 0 Å². The molecular formula is C12H17NO. The summed E-state index contributed by atoms with van der Waals surface area (Å²) in [7, 11) is 0. The Labute approximate surface area is 84.7 Å². The molecule has 2 heteroatoms. The number of hydrogen-bond acceptors (Lipinski definition) is 2.